The van der Waals surface area contributed by atoms with Crippen molar-refractivity contribution < 1.29 is 28.7 Å². The fourth-order valence-corrected chi connectivity index (χ4v) is 3.62. The molecule has 35 heavy (non-hydrogen) atoms. The molecule has 1 rings (SSSR count). The maximum absolute atomic E-state index is 13.7. The number of likely N-dealkylation sites (N-methyl/N-ethyl adjacent to an activating group) is 2. The number of rotatable bonds is 10. The minimum Gasteiger partial charge on any atom is -0.467 e. The molecule has 1 aromatic carbocycles. The van der Waals surface area contributed by atoms with Crippen molar-refractivity contribution in [1.82, 2.24) is 15.1 Å². The van der Waals surface area contributed by atoms with Crippen molar-refractivity contribution in [1.29, 1.82) is 0 Å². The number of nitrogens with zero attached hydrogens (tertiary/aromatic N) is 2. The molecule has 0 radical (unpaired) electrons. The van der Waals surface area contributed by atoms with Crippen LogP contribution in [0.25, 0.3) is 0 Å². The van der Waals surface area contributed by atoms with Gasteiger partial charge in [-0.15, -0.1) is 0 Å². The fraction of sp³-hybridized carbons (Fsp3) is 0.615. The van der Waals surface area contributed by atoms with Crippen molar-refractivity contribution >= 4 is 23.9 Å². The molecule has 9 heteroatoms. The Hall–Kier alpha value is -3.10. The SMILES string of the molecule is COC(=O)[C@H](CC(C)C)N(C)C(=O)C(Cc1ccccc1)N(C)C(=O)[C@H](C)NC(=O)OC(C)(C)C. The first-order valence-corrected chi connectivity index (χ1v) is 11.8. The summed E-state index contributed by atoms with van der Waals surface area (Å²) in [6.45, 7) is 10.6. The van der Waals surface area contributed by atoms with Crippen LogP contribution in [0.15, 0.2) is 30.3 Å². The van der Waals surface area contributed by atoms with Crippen molar-refractivity contribution in [2.24, 2.45) is 5.92 Å². The highest BCUT2D eigenvalue weighted by atomic mass is 16.6. The van der Waals surface area contributed by atoms with Gasteiger partial charge >= 0.3 is 12.1 Å². The van der Waals surface area contributed by atoms with Crippen LogP contribution in [-0.2, 0) is 30.3 Å². The smallest absolute Gasteiger partial charge is 0.408 e. The predicted octanol–water partition coefficient (Wildman–Crippen LogP) is 3.02. The second-order valence-electron chi connectivity index (χ2n) is 10.1. The van der Waals surface area contributed by atoms with Crippen molar-refractivity contribution in [3.05, 3.63) is 35.9 Å². The van der Waals surface area contributed by atoms with E-state index >= 15 is 0 Å². The van der Waals surface area contributed by atoms with Crippen LogP contribution in [0, 0.1) is 5.92 Å². The molecular weight excluding hydrogens is 450 g/mol. The van der Waals surface area contributed by atoms with Gasteiger partial charge in [0.05, 0.1) is 7.11 Å². The van der Waals surface area contributed by atoms with E-state index in [1.165, 1.54) is 30.9 Å². The highest BCUT2D eigenvalue weighted by Gasteiger charge is 2.37. The molecule has 0 bridgehead atoms. The van der Waals surface area contributed by atoms with E-state index in [-0.39, 0.29) is 12.3 Å². The van der Waals surface area contributed by atoms with E-state index in [2.05, 4.69) is 5.32 Å². The Kier molecular flexibility index (Phi) is 11.2. The molecule has 0 heterocycles. The first-order chi connectivity index (χ1) is 16.2. The Balaban J connectivity index is 3.20. The number of amides is 3. The van der Waals surface area contributed by atoms with Gasteiger partial charge in [-0.25, -0.2) is 9.59 Å². The molecule has 196 valence electrons. The van der Waals surface area contributed by atoms with Crippen LogP contribution in [0.2, 0.25) is 0 Å². The predicted molar refractivity (Wildman–Crippen MR) is 134 cm³/mol. The number of benzene rings is 1. The van der Waals surface area contributed by atoms with E-state index in [9.17, 15) is 19.2 Å². The van der Waals surface area contributed by atoms with Crippen LogP contribution in [0.4, 0.5) is 4.79 Å². The molecule has 0 aliphatic rings. The summed E-state index contributed by atoms with van der Waals surface area (Å²) < 4.78 is 10.2. The Morgan fingerprint density at radius 1 is 0.914 bits per heavy atom. The number of alkyl carbamates (subject to hydrolysis) is 1. The average molecular weight is 492 g/mol. The molecule has 0 aromatic heterocycles. The first-order valence-electron chi connectivity index (χ1n) is 11.8. The summed E-state index contributed by atoms with van der Waals surface area (Å²) in [5, 5.41) is 2.53. The van der Waals surface area contributed by atoms with Crippen LogP contribution >= 0.6 is 0 Å². The van der Waals surface area contributed by atoms with E-state index < -0.39 is 47.6 Å². The molecular formula is C26H41N3O6. The molecule has 0 saturated heterocycles. The molecule has 3 amide bonds. The van der Waals surface area contributed by atoms with Crippen LogP contribution < -0.4 is 5.32 Å². The van der Waals surface area contributed by atoms with E-state index in [0.29, 0.717) is 6.42 Å². The largest absolute Gasteiger partial charge is 0.467 e. The van der Waals surface area contributed by atoms with Gasteiger partial charge in [-0.3, -0.25) is 9.59 Å². The second-order valence-corrected chi connectivity index (χ2v) is 10.1. The second kappa shape index (κ2) is 13.1. The quantitative estimate of drug-likeness (QED) is 0.505. The van der Waals surface area contributed by atoms with Crippen molar-refractivity contribution in [2.75, 3.05) is 21.2 Å². The molecule has 0 aliphatic heterocycles. The summed E-state index contributed by atoms with van der Waals surface area (Å²) in [7, 11) is 4.35. The van der Waals surface area contributed by atoms with Gasteiger partial charge in [0, 0.05) is 20.5 Å². The maximum Gasteiger partial charge on any atom is 0.408 e. The van der Waals surface area contributed by atoms with Gasteiger partial charge in [0.25, 0.3) is 0 Å². The van der Waals surface area contributed by atoms with Gasteiger partial charge in [-0.05, 0) is 45.6 Å². The number of esters is 1. The number of ether oxygens (including phenoxy) is 2. The summed E-state index contributed by atoms with van der Waals surface area (Å²) >= 11 is 0. The first kappa shape index (κ1) is 29.9. The topological polar surface area (TPSA) is 105 Å². The lowest BCUT2D eigenvalue weighted by molar-refractivity contribution is -0.155. The third kappa shape index (κ3) is 9.58. The molecule has 0 spiro atoms. The minimum atomic E-state index is -0.932. The number of hydrogen-bond donors (Lipinski definition) is 1. The van der Waals surface area contributed by atoms with Gasteiger partial charge in [-0.2, -0.15) is 0 Å². The van der Waals surface area contributed by atoms with Gasteiger partial charge in [0.15, 0.2) is 0 Å². The van der Waals surface area contributed by atoms with Gasteiger partial charge < -0.3 is 24.6 Å². The van der Waals surface area contributed by atoms with Crippen LogP contribution in [0.3, 0.4) is 0 Å². The molecule has 0 aliphatic carbocycles. The molecule has 1 aromatic rings. The van der Waals surface area contributed by atoms with Gasteiger partial charge in [0.1, 0.15) is 23.7 Å². The van der Waals surface area contributed by atoms with E-state index in [1.54, 1.807) is 27.8 Å². The molecule has 0 fully saturated rings. The molecule has 0 saturated carbocycles. The lowest BCUT2D eigenvalue weighted by Gasteiger charge is -2.35. The molecule has 3 atom stereocenters. The summed E-state index contributed by atoms with van der Waals surface area (Å²) in [6, 6.07) is 6.68. The normalized spacial score (nSPS) is 13.9. The monoisotopic (exact) mass is 491 g/mol. The number of hydrogen-bond acceptors (Lipinski definition) is 6. The van der Waals surface area contributed by atoms with Crippen LogP contribution in [-0.4, -0.2) is 78.6 Å². The van der Waals surface area contributed by atoms with E-state index in [4.69, 9.17) is 9.47 Å². The lowest BCUT2D eigenvalue weighted by atomic mass is 9.99. The summed E-state index contributed by atoms with van der Waals surface area (Å²) in [6.07, 6.45) is -0.0696. The summed E-state index contributed by atoms with van der Waals surface area (Å²) in [4.78, 5) is 54.2. The maximum atomic E-state index is 13.7. The fourth-order valence-electron chi connectivity index (χ4n) is 3.62. The van der Waals surface area contributed by atoms with E-state index in [1.807, 2.05) is 44.2 Å². The Morgan fingerprint density at radius 2 is 1.46 bits per heavy atom. The van der Waals surface area contributed by atoms with Crippen molar-refractivity contribution in [3.63, 3.8) is 0 Å². The third-order valence-corrected chi connectivity index (χ3v) is 5.46. The number of methoxy groups -OCH3 is 1. The molecule has 1 unspecified atom stereocenters. The zero-order valence-corrected chi connectivity index (χ0v) is 22.5. The Morgan fingerprint density at radius 3 is 1.94 bits per heavy atom. The summed E-state index contributed by atoms with van der Waals surface area (Å²) in [5.41, 5.74) is 0.136. The Bertz CT molecular complexity index is 866. The average Bonchev–Trinajstić information content (AvgIpc) is 2.77. The van der Waals surface area contributed by atoms with Gasteiger partial charge in [-0.1, -0.05) is 44.2 Å². The Labute approximate surface area is 209 Å². The molecule has 9 nitrogen and oxygen atoms in total. The van der Waals surface area contributed by atoms with Crippen LogP contribution in [0.1, 0.15) is 53.5 Å². The highest BCUT2D eigenvalue weighted by Crippen LogP contribution is 2.18. The third-order valence-electron chi connectivity index (χ3n) is 5.46. The highest BCUT2D eigenvalue weighted by molar-refractivity contribution is 5.93. The van der Waals surface area contributed by atoms with Gasteiger partial charge in [0.2, 0.25) is 11.8 Å². The summed E-state index contributed by atoms with van der Waals surface area (Å²) in [5.74, 6) is -1.23. The van der Waals surface area contributed by atoms with Crippen molar-refractivity contribution in [3.8, 4) is 0 Å². The zero-order chi connectivity index (χ0) is 26.9. The standard InChI is InChI=1S/C26H41N3O6/c1-17(2)15-21(24(32)34-9)29(8)23(31)20(16-19-13-11-10-12-14-19)28(7)22(30)18(3)27-25(33)35-26(4,5)6/h10-14,17-18,20-21H,15-16H2,1-9H3,(H,27,33)/t18-,20?,21-/m0/s1. The minimum absolute atomic E-state index is 0.138. The lowest BCUT2D eigenvalue weighted by Crippen LogP contribution is -2.57. The number of nitrogens with one attached hydrogen (secondary N) is 1. The number of carbonyl (C=O) groups excluding carboxylic acids is 4. The van der Waals surface area contributed by atoms with E-state index in [0.717, 1.165) is 5.56 Å². The zero-order valence-electron chi connectivity index (χ0n) is 22.5. The number of carbonyl (C=O) groups is 4. The molecule has 1 N–H and O–H groups in total. The van der Waals surface area contributed by atoms with Crippen LogP contribution in [0.5, 0.6) is 0 Å². The van der Waals surface area contributed by atoms with Crippen molar-refractivity contribution in [2.45, 2.75) is 78.1 Å².